The van der Waals surface area contributed by atoms with Crippen molar-refractivity contribution in [3.05, 3.63) is 29.8 Å². The first-order valence-electron chi connectivity index (χ1n) is 3.98. The van der Waals surface area contributed by atoms with Crippen LogP contribution in [0.5, 0.6) is 5.75 Å². The van der Waals surface area contributed by atoms with Crippen molar-refractivity contribution in [2.45, 2.75) is 6.18 Å². The predicted molar refractivity (Wildman–Crippen MR) is 53.9 cm³/mol. The van der Waals surface area contributed by atoms with E-state index in [1.807, 2.05) is 0 Å². The molecule has 2 nitrogen and oxygen atoms in total. The molecule has 0 atom stereocenters. The van der Waals surface area contributed by atoms with E-state index >= 15 is 0 Å². The molecule has 15 heavy (non-hydrogen) atoms. The Morgan fingerprint density at radius 2 is 2.07 bits per heavy atom. The van der Waals surface area contributed by atoms with Gasteiger partial charge in [0.25, 0.3) is 0 Å². The second kappa shape index (κ2) is 4.48. The van der Waals surface area contributed by atoms with Crippen LogP contribution in [0.3, 0.4) is 0 Å². The fourth-order valence-electron chi connectivity index (χ4n) is 0.904. The van der Waals surface area contributed by atoms with Gasteiger partial charge in [-0.1, -0.05) is 24.4 Å². The van der Waals surface area contributed by atoms with Gasteiger partial charge in [0.1, 0.15) is 10.7 Å². The van der Waals surface area contributed by atoms with E-state index in [9.17, 15) is 13.2 Å². The third-order valence-electron chi connectivity index (χ3n) is 1.52. The molecule has 6 heteroatoms. The molecule has 0 bridgehead atoms. The quantitative estimate of drug-likeness (QED) is 0.816. The third kappa shape index (κ3) is 4.16. The Morgan fingerprint density at radius 3 is 2.60 bits per heavy atom. The van der Waals surface area contributed by atoms with Crippen LogP contribution in [0, 0.1) is 0 Å². The van der Waals surface area contributed by atoms with E-state index in [1.54, 1.807) is 6.07 Å². The summed E-state index contributed by atoms with van der Waals surface area (Å²) in [5.41, 5.74) is 5.79. The van der Waals surface area contributed by atoms with Gasteiger partial charge in [-0.05, 0) is 12.1 Å². The second-order valence-corrected chi connectivity index (χ2v) is 3.24. The first kappa shape index (κ1) is 11.8. The zero-order valence-electron chi connectivity index (χ0n) is 7.54. The Labute approximate surface area is 89.8 Å². The highest BCUT2D eigenvalue weighted by Gasteiger charge is 2.28. The summed E-state index contributed by atoms with van der Waals surface area (Å²) in [7, 11) is 0. The van der Waals surface area contributed by atoms with Gasteiger partial charge in [0, 0.05) is 5.56 Å². The van der Waals surface area contributed by atoms with Crippen LogP contribution in [0.15, 0.2) is 24.3 Å². The molecular weight excluding hydrogens is 227 g/mol. The first-order chi connectivity index (χ1) is 6.88. The molecule has 1 rings (SSSR count). The number of rotatable bonds is 3. The maximum absolute atomic E-state index is 11.8. The van der Waals surface area contributed by atoms with Crippen molar-refractivity contribution in [1.82, 2.24) is 0 Å². The molecule has 1 aromatic rings. The molecule has 0 heterocycles. The summed E-state index contributed by atoms with van der Waals surface area (Å²) in [6.45, 7) is -1.33. The van der Waals surface area contributed by atoms with Gasteiger partial charge in [-0.25, -0.2) is 0 Å². The number of benzene rings is 1. The highest BCUT2D eigenvalue weighted by molar-refractivity contribution is 7.80. The van der Waals surface area contributed by atoms with Crippen LogP contribution < -0.4 is 10.5 Å². The largest absolute Gasteiger partial charge is 0.484 e. The summed E-state index contributed by atoms with van der Waals surface area (Å²) < 4.78 is 40.0. The summed E-state index contributed by atoms with van der Waals surface area (Å²) in [4.78, 5) is 0.118. The topological polar surface area (TPSA) is 35.2 Å². The summed E-state index contributed by atoms with van der Waals surface area (Å²) in [6.07, 6.45) is -4.35. The number of hydrogen-bond donors (Lipinski definition) is 1. The molecule has 0 unspecified atom stereocenters. The van der Waals surface area contributed by atoms with Crippen LogP contribution in [-0.4, -0.2) is 17.8 Å². The number of ether oxygens (including phenoxy) is 1. The highest BCUT2D eigenvalue weighted by atomic mass is 32.1. The van der Waals surface area contributed by atoms with E-state index in [0.717, 1.165) is 0 Å². The van der Waals surface area contributed by atoms with Crippen molar-refractivity contribution in [1.29, 1.82) is 0 Å². The van der Waals surface area contributed by atoms with E-state index < -0.39 is 12.8 Å². The molecular formula is C9H8F3NOS. The molecule has 0 aliphatic carbocycles. The van der Waals surface area contributed by atoms with Gasteiger partial charge < -0.3 is 10.5 Å². The molecule has 0 radical (unpaired) electrons. The number of halogens is 3. The molecule has 0 fully saturated rings. The van der Waals surface area contributed by atoms with Gasteiger partial charge >= 0.3 is 6.18 Å². The van der Waals surface area contributed by atoms with Crippen LogP contribution in [0.25, 0.3) is 0 Å². The van der Waals surface area contributed by atoms with Crippen LogP contribution in [0.4, 0.5) is 13.2 Å². The maximum atomic E-state index is 11.8. The van der Waals surface area contributed by atoms with Crippen LogP contribution in [0.1, 0.15) is 5.56 Å². The van der Waals surface area contributed by atoms with Crippen molar-refractivity contribution in [2.24, 2.45) is 5.73 Å². The Morgan fingerprint density at radius 1 is 1.40 bits per heavy atom. The SMILES string of the molecule is NC(=S)c1cccc(OCC(F)(F)F)c1. The molecule has 82 valence electrons. The van der Waals surface area contributed by atoms with E-state index in [2.05, 4.69) is 17.0 Å². The number of nitrogens with two attached hydrogens (primary N) is 1. The van der Waals surface area contributed by atoms with Gasteiger partial charge in [-0.2, -0.15) is 13.2 Å². The Balaban J connectivity index is 2.70. The van der Waals surface area contributed by atoms with E-state index in [0.29, 0.717) is 5.56 Å². The number of thiocarbonyl (C=S) groups is 1. The van der Waals surface area contributed by atoms with Gasteiger partial charge in [0.2, 0.25) is 0 Å². The van der Waals surface area contributed by atoms with Gasteiger partial charge in [0.15, 0.2) is 6.61 Å². The van der Waals surface area contributed by atoms with Crippen LogP contribution in [0.2, 0.25) is 0 Å². The minimum absolute atomic E-state index is 0.0950. The van der Waals surface area contributed by atoms with Gasteiger partial charge in [0.05, 0.1) is 0 Å². The summed E-state index contributed by atoms with van der Waals surface area (Å²) in [6, 6.07) is 5.91. The molecule has 0 amide bonds. The fraction of sp³-hybridized carbons (Fsp3) is 0.222. The fourth-order valence-corrected chi connectivity index (χ4v) is 1.03. The summed E-state index contributed by atoms with van der Waals surface area (Å²) in [5, 5.41) is 0. The van der Waals surface area contributed by atoms with Crippen molar-refractivity contribution >= 4 is 17.2 Å². The molecule has 0 aliphatic heterocycles. The predicted octanol–water partition coefficient (Wildman–Crippen LogP) is 2.26. The standard InChI is InChI=1S/C9H8F3NOS/c10-9(11,12)5-14-7-3-1-2-6(4-7)8(13)15/h1-4H,5H2,(H2,13,15). The Hall–Kier alpha value is -1.30. The lowest BCUT2D eigenvalue weighted by atomic mass is 10.2. The second-order valence-electron chi connectivity index (χ2n) is 2.80. The summed E-state index contributed by atoms with van der Waals surface area (Å²) in [5.74, 6) is 0.0950. The average molecular weight is 235 g/mol. The minimum Gasteiger partial charge on any atom is -0.484 e. The third-order valence-corrected chi connectivity index (χ3v) is 1.76. The Kier molecular flexibility index (Phi) is 3.52. The van der Waals surface area contributed by atoms with Crippen LogP contribution >= 0.6 is 12.2 Å². The monoisotopic (exact) mass is 235 g/mol. The zero-order valence-corrected chi connectivity index (χ0v) is 8.36. The maximum Gasteiger partial charge on any atom is 0.422 e. The van der Waals surface area contributed by atoms with Gasteiger partial charge in [-0.3, -0.25) is 0 Å². The van der Waals surface area contributed by atoms with E-state index in [1.165, 1.54) is 18.2 Å². The Bertz CT molecular complexity index is 365. The summed E-state index contributed by atoms with van der Waals surface area (Å²) >= 11 is 4.68. The smallest absolute Gasteiger partial charge is 0.422 e. The minimum atomic E-state index is -4.35. The number of alkyl halides is 3. The van der Waals surface area contributed by atoms with E-state index in [-0.39, 0.29) is 10.7 Å². The number of hydrogen-bond acceptors (Lipinski definition) is 2. The molecule has 0 spiro atoms. The average Bonchev–Trinajstić information content (AvgIpc) is 2.14. The lowest BCUT2D eigenvalue weighted by molar-refractivity contribution is -0.153. The lowest BCUT2D eigenvalue weighted by Gasteiger charge is -2.09. The molecule has 0 aliphatic rings. The normalized spacial score (nSPS) is 11.1. The van der Waals surface area contributed by atoms with Crippen molar-refractivity contribution in [3.63, 3.8) is 0 Å². The zero-order chi connectivity index (χ0) is 11.5. The first-order valence-corrected chi connectivity index (χ1v) is 4.39. The van der Waals surface area contributed by atoms with Crippen LogP contribution in [-0.2, 0) is 0 Å². The lowest BCUT2D eigenvalue weighted by Crippen LogP contribution is -2.19. The van der Waals surface area contributed by atoms with Crippen molar-refractivity contribution in [2.75, 3.05) is 6.61 Å². The highest BCUT2D eigenvalue weighted by Crippen LogP contribution is 2.19. The van der Waals surface area contributed by atoms with Gasteiger partial charge in [-0.15, -0.1) is 0 Å². The van der Waals surface area contributed by atoms with Crippen molar-refractivity contribution in [3.8, 4) is 5.75 Å². The molecule has 0 saturated heterocycles. The molecule has 1 aromatic carbocycles. The van der Waals surface area contributed by atoms with E-state index in [4.69, 9.17) is 5.73 Å². The molecule has 0 saturated carbocycles. The van der Waals surface area contributed by atoms with Crippen molar-refractivity contribution < 1.29 is 17.9 Å². The molecule has 0 aromatic heterocycles. The molecule has 2 N–H and O–H groups in total.